The number of carbonyl (C=O) groups excluding carboxylic acids is 1. The summed E-state index contributed by atoms with van der Waals surface area (Å²) in [5.41, 5.74) is 5.04. The van der Waals surface area contributed by atoms with Crippen molar-refractivity contribution in [2.45, 2.75) is 20.8 Å². The molecule has 2 aromatic heterocycles. The van der Waals surface area contributed by atoms with Crippen molar-refractivity contribution in [1.29, 1.82) is 0 Å². The van der Waals surface area contributed by atoms with Crippen LogP contribution in [-0.2, 0) is 0 Å². The van der Waals surface area contributed by atoms with Crippen LogP contribution in [0.4, 0.5) is 11.5 Å². The lowest BCUT2D eigenvalue weighted by molar-refractivity contribution is 0.101. The maximum Gasteiger partial charge on any atom is 0.159 e. The normalized spacial score (nSPS) is 10.9. The lowest BCUT2D eigenvalue weighted by Gasteiger charge is -2.10. The molecule has 1 N–H and O–H groups in total. The maximum absolute atomic E-state index is 11.7. The third kappa shape index (κ3) is 3.34. The lowest BCUT2D eigenvalue weighted by Crippen LogP contribution is -1.98. The molecule has 0 amide bonds. The van der Waals surface area contributed by atoms with E-state index in [1.54, 1.807) is 24.6 Å². The van der Waals surface area contributed by atoms with E-state index in [4.69, 9.17) is 0 Å². The Morgan fingerprint density at radius 1 is 1.04 bits per heavy atom. The third-order valence-corrected chi connectivity index (χ3v) is 5.55. The number of rotatable bonds is 4. The molecule has 4 nitrogen and oxygen atoms in total. The minimum atomic E-state index is 0.0400. The molecule has 27 heavy (non-hydrogen) atoms. The van der Waals surface area contributed by atoms with E-state index in [1.165, 1.54) is 10.4 Å². The van der Waals surface area contributed by atoms with Crippen LogP contribution < -0.4 is 5.32 Å². The number of aryl methyl sites for hydroxylation is 2. The van der Waals surface area contributed by atoms with Crippen LogP contribution >= 0.6 is 11.3 Å². The van der Waals surface area contributed by atoms with Gasteiger partial charge in [-0.05, 0) is 38.5 Å². The molecule has 2 aromatic carbocycles. The van der Waals surface area contributed by atoms with Gasteiger partial charge < -0.3 is 5.32 Å². The van der Waals surface area contributed by atoms with Gasteiger partial charge in [-0.25, -0.2) is 9.97 Å². The van der Waals surface area contributed by atoms with Crippen LogP contribution in [0.15, 0.2) is 54.9 Å². The molecule has 0 aliphatic heterocycles. The second-order valence-corrected chi connectivity index (χ2v) is 7.77. The molecule has 4 aromatic rings. The number of thiophene rings is 1. The van der Waals surface area contributed by atoms with E-state index in [9.17, 15) is 4.79 Å². The highest BCUT2D eigenvalue weighted by atomic mass is 32.1. The first-order valence-electron chi connectivity index (χ1n) is 8.72. The van der Waals surface area contributed by atoms with Gasteiger partial charge in [0.25, 0.3) is 0 Å². The lowest BCUT2D eigenvalue weighted by atomic mass is 10.0. The predicted molar refractivity (Wildman–Crippen MR) is 112 cm³/mol. The Balaban J connectivity index is 1.85. The van der Waals surface area contributed by atoms with Crippen molar-refractivity contribution in [3.63, 3.8) is 0 Å². The van der Waals surface area contributed by atoms with E-state index in [0.29, 0.717) is 5.56 Å². The van der Waals surface area contributed by atoms with Crippen molar-refractivity contribution >= 4 is 38.8 Å². The summed E-state index contributed by atoms with van der Waals surface area (Å²) in [5.74, 6) is 0.791. The Labute approximate surface area is 161 Å². The summed E-state index contributed by atoms with van der Waals surface area (Å²) < 4.78 is 0. The first-order chi connectivity index (χ1) is 13.0. The SMILES string of the molecule is CC(=O)c1cccc(Nc2ncnc3sc(C)c(-c4ccc(C)cc4)c23)c1. The van der Waals surface area contributed by atoms with Crippen LogP contribution in [0.1, 0.15) is 27.7 Å². The number of benzene rings is 2. The molecule has 5 heteroatoms. The van der Waals surface area contributed by atoms with Crippen molar-refractivity contribution in [2.75, 3.05) is 5.32 Å². The monoisotopic (exact) mass is 373 g/mol. The minimum absolute atomic E-state index is 0.0400. The molecular formula is C22H19N3OS. The first kappa shape index (κ1) is 17.4. The predicted octanol–water partition coefficient (Wildman–Crippen LogP) is 5.92. The Bertz CT molecular complexity index is 1150. The zero-order chi connectivity index (χ0) is 19.0. The van der Waals surface area contributed by atoms with Gasteiger partial charge in [0.2, 0.25) is 0 Å². The fourth-order valence-electron chi connectivity index (χ4n) is 3.16. The van der Waals surface area contributed by atoms with Crippen LogP contribution in [0.2, 0.25) is 0 Å². The smallest absolute Gasteiger partial charge is 0.159 e. The molecule has 0 saturated carbocycles. The van der Waals surface area contributed by atoms with E-state index >= 15 is 0 Å². The molecule has 0 atom stereocenters. The van der Waals surface area contributed by atoms with Gasteiger partial charge in [0.1, 0.15) is 17.0 Å². The second-order valence-electron chi connectivity index (χ2n) is 6.56. The van der Waals surface area contributed by atoms with Gasteiger partial charge in [-0.15, -0.1) is 11.3 Å². The van der Waals surface area contributed by atoms with E-state index in [1.807, 2.05) is 24.3 Å². The largest absolute Gasteiger partial charge is 0.340 e. The van der Waals surface area contributed by atoms with E-state index in [-0.39, 0.29) is 5.78 Å². The number of carbonyl (C=O) groups is 1. The van der Waals surface area contributed by atoms with E-state index in [2.05, 4.69) is 53.4 Å². The number of hydrogen-bond acceptors (Lipinski definition) is 5. The van der Waals surface area contributed by atoms with Crippen LogP contribution in [0.5, 0.6) is 0 Å². The van der Waals surface area contributed by atoms with Crippen molar-refractivity contribution in [2.24, 2.45) is 0 Å². The van der Waals surface area contributed by atoms with Gasteiger partial charge in [0, 0.05) is 21.7 Å². The van der Waals surface area contributed by atoms with Crippen LogP contribution in [0, 0.1) is 13.8 Å². The maximum atomic E-state index is 11.7. The molecule has 134 valence electrons. The molecule has 0 bridgehead atoms. The molecule has 0 saturated heterocycles. The highest BCUT2D eigenvalue weighted by molar-refractivity contribution is 7.19. The van der Waals surface area contributed by atoms with Crippen LogP contribution in [0.3, 0.4) is 0 Å². The Morgan fingerprint density at radius 3 is 2.56 bits per heavy atom. The summed E-state index contributed by atoms with van der Waals surface area (Å²) >= 11 is 1.67. The molecule has 2 heterocycles. The summed E-state index contributed by atoms with van der Waals surface area (Å²) in [4.78, 5) is 22.8. The van der Waals surface area contributed by atoms with Gasteiger partial charge in [-0.1, -0.05) is 42.0 Å². The van der Waals surface area contributed by atoms with Crippen molar-refractivity contribution in [1.82, 2.24) is 9.97 Å². The number of aromatic nitrogens is 2. The molecule has 0 unspecified atom stereocenters. The number of anilines is 2. The zero-order valence-corrected chi connectivity index (χ0v) is 16.2. The van der Waals surface area contributed by atoms with Gasteiger partial charge in [-0.2, -0.15) is 0 Å². The fourth-order valence-corrected chi connectivity index (χ4v) is 4.17. The number of nitrogens with one attached hydrogen (secondary N) is 1. The molecule has 0 spiro atoms. The van der Waals surface area contributed by atoms with Gasteiger partial charge in [0.15, 0.2) is 5.78 Å². The fraction of sp³-hybridized carbons (Fsp3) is 0.136. The summed E-state index contributed by atoms with van der Waals surface area (Å²) in [6.07, 6.45) is 1.58. The molecule has 4 rings (SSSR count). The highest BCUT2D eigenvalue weighted by Crippen LogP contribution is 2.41. The molecule has 0 aliphatic rings. The number of hydrogen-bond donors (Lipinski definition) is 1. The van der Waals surface area contributed by atoms with Gasteiger partial charge >= 0.3 is 0 Å². The number of Topliss-reactive ketones (excluding diaryl/α,β-unsaturated/α-hetero) is 1. The Hall–Kier alpha value is -3.05. The van der Waals surface area contributed by atoms with Crippen molar-refractivity contribution < 1.29 is 4.79 Å². The molecular weight excluding hydrogens is 354 g/mol. The number of nitrogens with zero attached hydrogens (tertiary/aromatic N) is 2. The summed E-state index contributed by atoms with van der Waals surface area (Å²) in [7, 11) is 0. The second kappa shape index (κ2) is 6.93. The van der Waals surface area contributed by atoms with E-state index in [0.717, 1.165) is 32.8 Å². The summed E-state index contributed by atoms with van der Waals surface area (Å²) in [6.45, 7) is 5.77. The standard InChI is InChI=1S/C22H19N3OS/c1-13-7-9-16(10-8-13)19-15(3)27-22-20(19)21(23-12-24-22)25-18-6-4-5-17(11-18)14(2)26/h4-12H,1-3H3,(H,23,24,25). The topological polar surface area (TPSA) is 54.9 Å². The summed E-state index contributed by atoms with van der Waals surface area (Å²) in [5, 5.41) is 4.39. The Morgan fingerprint density at radius 2 is 1.81 bits per heavy atom. The first-order valence-corrected chi connectivity index (χ1v) is 9.54. The molecule has 0 fully saturated rings. The highest BCUT2D eigenvalue weighted by Gasteiger charge is 2.17. The van der Waals surface area contributed by atoms with E-state index < -0.39 is 0 Å². The summed E-state index contributed by atoms with van der Waals surface area (Å²) in [6, 6.07) is 16.0. The minimum Gasteiger partial charge on any atom is -0.340 e. The van der Waals surface area contributed by atoms with Gasteiger partial charge in [-0.3, -0.25) is 4.79 Å². The number of ketones is 1. The quantitative estimate of drug-likeness (QED) is 0.451. The molecule has 0 radical (unpaired) electrons. The zero-order valence-electron chi connectivity index (χ0n) is 15.4. The Kier molecular flexibility index (Phi) is 4.46. The van der Waals surface area contributed by atoms with Crippen molar-refractivity contribution in [3.8, 4) is 11.1 Å². The molecule has 0 aliphatic carbocycles. The third-order valence-electron chi connectivity index (χ3n) is 4.54. The van der Waals surface area contributed by atoms with Crippen molar-refractivity contribution in [3.05, 3.63) is 70.9 Å². The average Bonchev–Trinajstić information content (AvgIpc) is 2.99. The van der Waals surface area contributed by atoms with Gasteiger partial charge in [0.05, 0.1) is 5.39 Å². The van der Waals surface area contributed by atoms with Crippen LogP contribution in [-0.4, -0.2) is 15.8 Å². The van der Waals surface area contributed by atoms with Crippen LogP contribution in [0.25, 0.3) is 21.3 Å². The number of fused-ring (bicyclic) bond motifs is 1. The average molecular weight is 373 g/mol.